The van der Waals surface area contributed by atoms with Crippen molar-refractivity contribution in [3.8, 4) is 17.1 Å². The van der Waals surface area contributed by atoms with E-state index in [9.17, 15) is 19.1 Å². The van der Waals surface area contributed by atoms with Gasteiger partial charge in [0, 0.05) is 25.0 Å². The van der Waals surface area contributed by atoms with Gasteiger partial charge in [-0.25, -0.2) is 29.1 Å². The van der Waals surface area contributed by atoms with Gasteiger partial charge < -0.3 is 25.8 Å². The molecule has 0 atom stereocenters. The van der Waals surface area contributed by atoms with E-state index in [-0.39, 0.29) is 28.7 Å². The number of hydrogen-bond donors (Lipinski definition) is 4. The predicted octanol–water partition coefficient (Wildman–Crippen LogP) is 4.02. The lowest BCUT2D eigenvalue weighted by molar-refractivity contribution is 0.0696. The minimum atomic E-state index is -1.09. The van der Waals surface area contributed by atoms with Crippen molar-refractivity contribution in [1.82, 2.24) is 25.3 Å². The topological polar surface area (TPSA) is 151 Å². The molecule has 12 heteroatoms. The minimum Gasteiger partial charge on any atom is -0.494 e. The van der Waals surface area contributed by atoms with E-state index < -0.39 is 11.8 Å². The van der Waals surface area contributed by atoms with E-state index in [1.54, 1.807) is 31.2 Å². The molecule has 0 aliphatic carbocycles. The molecule has 0 saturated carbocycles. The molecule has 3 aromatic heterocycles. The fourth-order valence-electron chi connectivity index (χ4n) is 3.45. The van der Waals surface area contributed by atoms with Crippen molar-refractivity contribution < 1.29 is 23.8 Å². The van der Waals surface area contributed by atoms with Gasteiger partial charge in [0.05, 0.1) is 47.6 Å². The lowest BCUT2D eigenvalue weighted by atomic mass is 10.1. The lowest BCUT2D eigenvalue weighted by Gasteiger charge is -2.17. The number of aromatic carboxylic acids is 1. The second-order valence-corrected chi connectivity index (χ2v) is 7.57. The van der Waals surface area contributed by atoms with Crippen LogP contribution in [0, 0.1) is 5.82 Å². The molecule has 4 aromatic rings. The van der Waals surface area contributed by atoms with E-state index >= 15 is 0 Å². The summed E-state index contributed by atoms with van der Waals surface area (Å²) in [7, 11) is 1.47. The Kier molecular flexibility index (Phi) is 7.48. The van der Waals surface area contributed by atoms with Gasteiger partial charge in [-0.05, 0) is 31.2 Å². The van der Waals surface area contributed by atoms with Gasteiger partial charge in [-0.2, -0.15) is 0 Å². The van der Waals surface area contributed by atoms with Crippen LogP contribution in [0.3, 0.4) is 0 Å². The van der Waals surface area contributed by atoms with Crippen LogP contribution in [-0.2, 0) is 0 Å². The van der Waals surface area contributed by atoms with Gasteiger partial charge in [0.15, 0.2) is 17.4 Å². The fourth-order valence-corrected chi connectivity index (χ4v) is 3.45. The highest BCUT2D eigenvalue weighted by molar-refractivity contribution is 6.01. The molecule has 1 amide bonds. The number of carboxylic acid groups (broad SMARTS) is 1. The van der Waals surface area contributed by atoms with Crippen LogP contribution in [0.2, 0.25) is 0 Å². The number of hydrogen-bond acceptors (Lipinski definition) is 9. The third-order valence-electron chi connectivity index (χ3n) is 5.10. The molecule has 0 aliphatic heterocycles. The Labute approximate surface area is 210 Å². The van der Waals surface area contributed by atoms with Crippen molar-refractivity contribution >= 4 is 34.9 Å². The zero-order valence-corrected chi connectivity index (χ0v) is 19.8. The summed E-state index contributed by atoms with van der Waals surface area (Å²) in [6, 6.07) is 9.52. The van der Waals surface area contributed by atoms with E-state index in [0.717, 1.165) is 12.4 Å². The van der Waals surface area contributed by atoms with Crippen LogP contribution in [0.1, 0.15) is 27.6 Å². The van der Waals surface area contributed by atoms with E-state index in [1.807, 2.05) is 0 Å². The second-order valence-electron chi connectivity index (χ2n) is 7.57. The molecule has 37 heavy (non-hydrogen) atoms. The van der Waals surface area contributed by atoms with Crippen molar-refractivity contribution in [2.75, 3.05) is 24.3 Å². The highest BCUT2D eigenvalue weighted by Crippen LogP contribution is 2.37. The molecule has 0 unspecified atom stereocenters. The average Bonchev–Trinajstić information content (AvgIpc) is 2.89. The molecule has 11 nitrogen and oxygen atoms in total. The van der Waals surface area contributed by atoms with Gasteiger partial charge in [0.2, 0.25) is 0 Å². The number of halogens is 1. The monoisotopic (exact) mass is 503 g/mol. The Morgan fingerprint density at radius 2 is 1.73 bits per heavy atom. The summed E-state index contributed by atoms with van der Waals surface area (Å²) in [6.07, 6.45) is 4.87. The molecule has 0 saturated heterocycles. The van der Waals surface area contributed by atoms with E-state index in [2.05, 4.69) is 35.9 Å². The van der Waals surface area contributed by atoms with Crippen LogP contribution >= 0.6 is 0 Å². The van der Waals surface area contributed by atoms with Gasteiger partial charge >= 0.3 is 5.97 Å². The van der Waals surface area contributed by atoms with Gasteiger partial charge in [-0.15, -0.1) is 0 Å². The molecule has 1 aromatic carbocycles. The number of nitrogens with zero attached hydrogens (tertiary/aromatic N) is 4. The maximum atomic E-state index is 13.3. The molecule has 0 bridgehead atoms. The zero-order valence-electron chi connectivity index (χ0n) is 19.8. The number of pyridine rings is 2. The maximum absolute atomic E-state index is 13.3. The summed E-state index contributed by atoms with van der Waals surface area (Å²) in [5.41, 5.74) is 1.69. The predicted molar refractivity (Wildman–Crippen MR) is 134 cm³/mol. The number of para-hydroxylation sites is 1. The number of anilines is 4. The number of methoxy groups -OCH3 is 1. The molecule has 0 radical (unpaired) electrons. The molecule has 3 heterocycles. The van der Waals surface area contributed by atoms with Crippen LogP contribution in [-0.4, -0.2) is 50.6 Å². The molecule has 0 aliphatic rings. The number of carbonyl (C=O) groups is 2. The Morgan fingerprint density at radius 1 is 0.973 bits per heavy atom. The molecule has 188 valence electrons. The fraction of sp³-hybridized carbons (Fsp3) is 0.120. The Morgan fingerprint density at radius 3 is 2.43 bits per heavy atom. The first kappa shape index (κ1) is 25.0. The number of benzene rings is 1. The summed E-state index contributed by atoms with van der Waals surface area (Å²) < 4.78 is 18.9. The molecular formula is C25H22FN7O4. The van der Waals surface area contributed by atoms with Crippen molar-refractivity contribution in [1.29, 1.82) is 0 Å². The number of nitrogens with one attached hydrogen (secondary N) is 3. The number of amides is 1. The smallest absolute Gasteiger partial charge is 0.335 e. The summed E-state index contributed by atoms with van der Waals surface area (Å²) in [6.45, 7) is 2.20. The summed E-state index contributed by atoms with van der Waals surface area (Å²) >= 11 is 0. The third-order valence-corrected chi connectivity index (χ3v) is 5.10. The highest BCUT2D eigenvalue weighted by Gasteiger charge is 2.18. The second kappa shape index (κ2) is 11.1. The van der Waals surface area contributed by atoms with Gasteiger partial charge in [0.1, 0.15) is 11.6 Å². The van der Waals surface area contributed by atoms with Crippen LogP contribution in [0.15, 0.2) is 61.2 Å². The first-order chi connectivity index (χ1) is 17.9. The third kappa shape index (κ3) is 5.75. The molecule has 0 fully saturated rings. The van der Waals surface area contributed by atoms with Crippen LogP contribution in [0.5, 0.6) is 5.75 Å². The number of carboxylic acids is 1. The molecule has 4 rings (SSSR count). The van der Waals surface area contributed by atoms with Crippen molar-refractivity contribution in [2.24, 2.45) is 0 Å². The average molecular weight is 503 g/mol. The van der Waals surface area contributed by atoms with Crippen molar-refractivity contribution in [2.45, 2.75) is 6.92 Å². The van der Waals surface area contributed by atoms with Crippen LogP contribution in [0.4, 0.5) is 27.4 Å². The number of ether oxygens (including phenoxy) is 1. The number of rotatable bonds is 9. The first-order valence-corrected chi connectivity index (χ1v) is 11.1. The largest absolute Gasteiger partial charge is 0.494 e. The standard InChI is InChI=1S/C25H22FN7O4/c1-3-27-24(34)17-13-29-21(33-20-9-14(25(35)36)7-8-28-20)10-19(17)32-18-6-4-5-16(22(18)37-2)23-30-11-15(26)12-31-23/h4-13H,3H2,1-2H3,(H,27,34)(H,35,36)(H2,28,29,32,33). The van der Waals surface area contributed by atoms with Gasteiger partial charge in [-0.3, -0.25) is 4.79 Å². The number of carbonyl (C=O) groups excluding carboxylic acids is 1. The van der Waals surface area contributed by atoms with Gasteiger partial charge in [-0.1, -0.05) is 6.07 Å². The van der Waals surface area contributed by atoms with Crippen molar-refractivity contribution in [3.63, 3.8) is 0 Å². The van der Waals surface area contributed by atoms with Gasteiger partial charge in [0.25, 0.3) is 5.91 Å². The Bertz CT molecular complexity index is 1450. The highest BCUT2D eigenvalue weighted by atomic mass is 19.1. The zero-order chi connectivity index (χ0) is 26.4. The summed E-state index contributed by atoms with van der Waals surface area (Å²) in [5, 5.41) is 18.1. The summed E-state index contributed by atoms with van der Waals surface area (Å²) in [4.78, 5) is 40.5. The van der Waals surface area contributed by atoms with E-state index in [1.165, 1.54) is 31.6 Å². The SMILES string of the molecule is CCNC(=O)c1cnc(Nc2cc(C(=O)O)ccn2)cc1Nc1cccc(-c2ncc(F)cn2)c1OC. The van der Waals surface area contributed by atoms with Crippen LogP contribution in [0.25, 0.3) is 11.4 Å². The number of aromatic nitrogens is 4. The molecular weight excluding hydrogens is 481 g/mol. The lowest BCUT2D eigenvalue weighted by Crippen LogP contribution is -2.24. The molecule has 0 spiro atoms. The normalized spacial score (nSPS) is 10.5. The summed E-state index contributed by atoms with van der Waals surface area (Å²) in [5.74, 6) is -0.814. The van der Waals surface area contributed by atoms with Crippen LogP contribution < -0.4 is 20.7 Å². The van der Waals surface area contributed by atoms with Crippen molar-refractivity contribution in [3.05, 3.63) is 78.1 Å². The first-order valence-electron chi connectivity index (χ1n) is 11.1. The Hall–Kier alpha value is -5.13. The maximum Gasteiger partial charge on any atom is 0.335 e. The quantitative estimate of drug-likeness (QED) is 0.264. The minimum absolute atomic E-state index is 0.0550. The van der Waals surface area contributed by atoms with E-state index in [4.69, 9.17) is 4.74 Å². The Balaban J connectivity index is 1.73. The van der Waals surface area contributed by atoms with E-state index in [0.29, 0.717) is 35.1 Å². The molecule has 4 N–H and O–H groups in total.